The predicted molar refractivity (Wildman–Crippen MR) is 108 cm³/mol. The summed E-state index contributed by atoms with van der Waals surface area (Å²) < 4.78 is 32.3. The Hall–Kier alpha value is -2.05. The number of rotatable bonds is 9. The maximum Gasteiger partial charge on any atom is 0.337 e. The van der Waals surface area contributed by atoms with Crippen molar-refractivity contribution in [3.05, 3.63) is 58.6 Å². The van der Waals surface area contributed by atoms with Gasteiger partial charge >= 0.3 is 5.97 Å². The first-order valence-corrected chi connectivity index (χ1v) is 10.7. The van der Waals surface area contributed by atoms with Gasteiger partial charge < -0.3 is 4.74 Å². The van der Waals surface area contributed by atoms with E-state index in [4.69, 9.17) is 11.6 Å². The molecule has 2 aromatic carbocycles. The second-order valence-electron chi connectivity index (χ2n) is 6.25. The van der Waals surface area contributed by atoms with Gasteiger partial charge in [-0.3, -0.25) is 4.72 Å². The molecule has 0 unspecified atom stereocenters. The van der Waals surface area contributed by atoms with Crippen LogP contribution in [0, 0.1) is 0 Å². The van der Waals surface area contributed by atoms with Gasteiger partial charge in [0.15, 0.2) is 0 Å². The summed E-state index contributed by atoms with van der Waals surface area (Å²) in [4.78, 5) is 11.8. The number of benzene rings is 2. The van der Waals surface area contributed by atoms with E-state index >= 15 is 0 Å². The number of sulfonamides is 1. The zero-order valence-electron chi connectivity index (χ0n) is 15.5. The summed E-state index contributed by atoms with van der Waals surface area (Å²) in [6.45, 7) is 2.17. The first-order chi connectivity index (χ1) is 12.9. The van der Waals surface area contributed by atoms with Gasteiger partial charge in [-0.25, -0.2) is 13.2 Å². The van der Waals surface area contributed by atoms with E-state index in [1.165, 1.54) is 44.6 Å². The van der Waals surface area contributed by atoms with Crippen LogP contribution in [0.2, 0.25) is 5.02 Å². The largest absolute Gasteiger partial charge is 0.465 e. The zero-order chi connectivity index (χ0) is 19.9. The average molecular weight is 410 g/mol. The van der Waals surface area contributed by atoms with E-state index < -0.39 is 16.0 Å². The standard InChI is InChI=1S/C20H24ClNO4S/c1-3-4-5-6-7-15-8-11-17(12-9-15)27(24,25)22-19-14-16(20(23)26-2)10-13-18(19)21/h8-14,22H,3-7H2,1-2H3. The highest BCUT2D eigenvalue weighted by molar-refractivity contribution is 7.92. The Morgan fingerprint density at radius 1 is 1.07 bits per heavy atom. The predicted octanol–water partition coefficient (Wildman–Crippen LogP) is 5.05. The van der Waals surface area contributed by atoms with Gasteiger partial charge in [0.05, 0.1) is 28.3 Å². The van der Waals surface area contributed by atoms with Crippen LogP contribution in [-0.4, -0.2) is 21.5 Å². The SMILES string of the molecule is CCCCCCc1ccc(S(=O)(=O)Nc2cc(C(=O)OC)ccc2Cl)cc1. The number of methoxy groups -OCH3 is 1. The van der Waals surface area contributed by atoms with Crippen molar-refractivity contribution in [2.24, 2.45) is 0 Å². The van der Waals surface area contributed by atoms with Crippen molar-refractivity contribution in [2.75, 3.05) is 11.8 Å². The minimum Gasteiger partial charge on any atom is -0.465 e. The average Bonchev–Trinajstić information content (AvgIpc) is 2.66. The Bertz CT molecular complexity index is 879. The molecule has 0 aliphatic rings. The second-order valence-corrected chi connectivity index (χ2v) is 8.34. The van der Waals surface area contributed by atoms with Crippen molar-refractivity contribution in [3.63, 3.8) is 0 Å². The van der Waals surface area contributed by atoms with Crippen LogP contribution >= 0.6 is 11.6 Å². The van der Waals surface area contributed by atoms with E-state index in [0.717, 1.165) is 18.4 Å². The van der Waals surface area contributed by atoms with Crippen LogP contribution in [0.5, 0.6) is 0 Å². The molecule has 7 heteroatoms. The molecule has 27 heavy (non-hydrogen) atoms. The second kappa shape index (κ2) is 9.76. The molecule has 0 saturated heterocycles. The summed E-state index contributed by atoms with van der Waals surface area (Å²) in [6.07, 6.45) is 5.59. The Labute approximate surface area is 165 Å². The first kappa shape index (κ1) is 21.3. The summed E-state index contributed by atoms with van der Waals surface area (Å²) in [5.41, 5.74) is 1.45. The van der Waals surface area contributed by atoms with Gasteiger partial charge in [0.25, 0.3) is 10.0 Å². The summed E-state index contributed by atoms with van der Waals surface area (Å²) in [7, 11) is -2.56. The molecule has 0 spiro atoms. The van der Waals surface area contributed by atoms with Crippen molar-refractivity contribution < 1.29 is 17.9 Å². The minimum atomic E-state index is -3.82. The third-order valence-corrected chi connectivity index (χ3v) is 5.90. The molecule has 0 saturated carbocycles. The fraction of sp³-hybridized carbons (Fsp3) is 0.350. The number of carbonyl (C=O) groups excluding carboxylic acids is 1. The van der Waals surface area contributed by atoms with Crippen molar-refractivity contribution >= 4 is 33.3 Å². The topological polar surface area (TPSA) is 72.5 Å². The molecule has 0 heterocycles. The normalized spacial score (nSPS) is 11.2. The molecule has 0 bridgehead atoms. The lowest BCUT2D eigenvalue weighted by Crippen LogP contribution is -2.14. The lowest BCUT2D eigenvalue weighted by molar-refractivity contribution is 0.0601. The minimum absolute atomic E-state index is 0.128. The van der Waals surface area contributed by atoms with Crippen LogP contribution in [0.4, 0.5) is 5.69 Å². The van der Waals surface area contributed by atoms with E-state index in [1.807, 2.05) is 12.1 Å². The van der Waals surface area contributed by atoms with Gasteiger partial charge in [-0.2, -0.15) is 0 Å². The number of nitrogens with one attached hydrogen (secondary N) is 1. The quantitative estimate of drug-likeness (QED) is 0.464. The molecular weight excluding hydrogens is 386 g/mol. The smallest absolute Gasteiger partial charge is 0.337 e. The fourth-order valence-electron chi connectivity index (χ4n) is 2.64. The van der Waals surface area contributed by atoms with Gasteiger partial charge in [-0.1, -0.05) is 49.9 Å². The summed E-state index contributed by atoms with van der Waals surface area (Å²) in [6, 6.07) is 11.1. The molecule has 2 rings (SSSR count). The van der Waals surface area contributed by atoms with Crippen molar-refractivity contribution in [3.8, 4) is 0 Å². The van der Waals surface area contributed by atoms with E-state index in [0.29, 0.717) is 0 Å². The number of aryl methyl sites for hydroxylation is 1. The molecule has 0 radical (unpaired) electrons. The van der Waals surface area contributed by atoms with Gasteiger partial charge in [0, 0.05) is 0 Å². The number of unbranched alkanes of at least 4 members (excludes halogenated alkanes) is 3. The molecule has 0 atom stereocenters. The van der Waals surface area contributed by atoms with Crippen LogP contribution < -0.4 is 4.72 Å². The highest BCUT2D eigenvalue weighted by Gasteiger charge is 2.17. The van der Waals surface area contributed by atoms with Crippen molar-refractivity contribution in [2.45, 2.75) is 43.9 Å². The maximum atomic E-state index is 12.6. The molecule has 5 nitrogen and oxygen atoms in total. The molecule has 0 amide bonds. The zero-order valence-corrected chi connectivity index (χ0v) is 17.1. The molecule has 0 aliphatic carbocycles. The molecule has 0 aliphatic heterocycles. The monoisotopic (exact) mass is 409 g/mol. The Kier molecular flexibility index (Phi) is 7.68. The van der Waals surface area contributed by atoms with Crippen molar-refractivity contribution in [1.29, 1.82) is 0 Å². The van der Waals surface area contributed by atoms with Crippen LogP contribution in [0.25, 0.3) is 0 Å². The molecule has 146 valence electrons. The Morgan fingerprint density at radius 3 is 2.41 bits per heavy atom. The molecule has 0 aromatic heterocycles. The number of esters is 1. The molecule has 1 N–H and O–H groups in total. The number of ether oxygens (including phenoxy) is 1. The highest BCUT2D eigenvalue weighted by Crippen LogP contribution is 2.26. The van der Waals surface area contributed by atoms with E-state index in [9.17, 15) is 13.2 Å². The molecule has 2 aromatic rings. The number of halogens is 1. The number of hydrogen-bond donors (Lipinski definition) is 1. The summed E-state index contributed by atoms with van der Waals surface area (Å²) in [5, 5.41) is 0.193. The summed E-state index contributed by atoms with van der Waals surface area (Å²) >= 11 is 6.07. The van der Waals surface area contributed by atoms with E-state index in [-0.39, 0.29) is 21.2 Å². The lowest BCUT2D eigenvalue weighted by Gasteiger charge is -2.11. The van der Waals surface area contributed by atoms with Gasteiger partial charge in [0.1, 0.15) is 0 Å². The molecule has 0 fully saturated rings. The fourth-order valence-corrected chi connectivity index (χ4v) is 3.93. The van der Waals surface area contributed by atoms with Gasteiger partial charge in [-0.15, -0.1) is 0 Å². The van der Waals surface area contributed by atoms with Gasteiger partial charge in [-0.05, 0) is 48.7 Å². The van der Waals surface area contributed by atoms with Gasteiger partial charge in [0.2, 0.25) is 0 Å². The third kappa shape index (κ3) is 5.97. The Balaban J connectivity index is 2.13. The van der Waals surface area contributed by atoms with Crippen LogP contribution in [0.1, 0.15) is 48.5 Å². The Morgan fingerprint density at radius 2 is 1.78 bits per heavy atom. The van der Waals surface area contributed by atoms with E-state index in [1.54, 1.807) is 12.1 Å². The number of anilines is 1. The first-order valence-electron chi connectivity index (χ1n) is 8.87. The molecular formula is C20H24ClNO4S. The lowest BCUT2D eigenvalue weighted by atomic mass is 10.1. The number of carbonyl (C=O) groups is 1. The highest BCUT2D eigenvalue weighted by atomic mass is 35.5. The summed E-state index contributed by atoms with van der Waals surface area (Å²) in [5.74, 6) is -0.570. The van der Waals surface area contributed by atoms with Crippen molar-refractivity contribution in [1.82, 2.24) is 0 Å². The van der Waals surface area contributed by atoms with Crippen LogP contribution in [0.3, 0.4) is 0 Å². The maximum absolute atomic E-state index is 12.6. The number of hydrogen-bond acceptors (Lipinski definition) is 4. The third-order valence-electron chi connectivity index (χ3n) is 4.18. The van der Waals surface area contributed by atoms with Crippen LogP contribution in [0.15, 0.2) is 47.4 Å². The van der Waals surface area contributed by atoms with Crippen LogP contribution in [-0.2, 0) is 21.2 Å². The van der Waals surface area contributed by atoms with E-state index in [2.05, 4.69) is 16.4 Å².